The van der Waals surface area contributed by atoms with Gasteiger partial charge < -0.3 is 4.90 Å². The summed E-state index contributed by atoms with van der Waals surface area (Å²) in [7, 11) is -1.83. The molecule has 6 nitrogen and oxygen atoms in total. The zero-order valence-electron chi connectivity index (χ0n) is 18.2. The van der Waals surface area contributed by atoms with Crippen molar-refractivity contribution in [1.82, 2.24) is 14.1 Å². The number of benzene rings is 1. The van der Waals surface area contributed by atoms with E-state index in [-0.39, 0.29) is 17.9 Å². The van der Waals surface area contributed by atoms with Gasteiger partial charge in [-0.3, -0.25) is 9.69 Å². The number of nitrogens with zero attached hydrogens (tertiary/aromatic N) is 3. The maximum absolute atomic E-state index is 13.0. The molecule has 2 aliphatic rings. The van der Waals surface area contributed by atoms with Gasteiger partial charge in [0, 0.05) is 51.2 Å². The predicted octanol–water partition coefficient (Wildman–Crippen LogP) is 2.73. The third-order valence-corrected chi connectivity index (χ3v) is 8.74. The smallest absolute Gasteiger partial charge is 0.243 e. The van der Waals surface area contributed by atoms with Gasteiger partial charge in [-0.1, -0.05) is 18.2 Å². The summed E-state index contributed by atoms with van der Waals surface area (Å²) in [5, 5.41) is 0. The van der Waals surface area contributed by atoms with E-state index in [4.69, 9.17) is 0 Å². The molecule has 1 aliphatic carbocycles. The minimum absolute atomic E-state index is 0.0337. The molecule has 7 heteroatoms. The number of carbonyl (C=O) groups excluding carboxylic acids is 1. The summed E-state index contributed by atoms with van der Waals surface area (Å²) in [6.45, 7) is 9.71. The molecular formula is C22H35N3O3S. The van der Waals surface area contributed by atoms with Crippen LogP contribution in [0.5, 0.6) is 0 Å². The van der Waals surface area contributed by atoms with E-state index < -0.39 is 10.0 Å². The molecule has 1 saturated heterocycles. The number of aryl methyl sites for hydroxylation is 1. The SMILES string of the molecule is Cc1ccccc1S(=O)(=O)N(C)C1CCC(C(=O)N2CCN(C(C)C)CC2)CC1. The van der Waals surface area contributed by atoms with Crippen LogP contribution < -0.4 is 0 Å². The number of piperazine rings is 1. The highest BCUT2D eigenvalue weighted by molar-refractivity contribution is 7.89. The van der Waals surface area contributed by atoms with Gasteiger partial charge in [0.15, 0.2) is 0 Å². The van der Waals surface area contributed by atoms with Crippen LogP contribution in [0, 0.1) is 12.8 Å². The van der Waals surface area contributed by atoms with Crippen LogP contribution in [0.4, 0.5) is 0 Å². The highest BCUT2D eigenvalue weighted by Gasteiger charge is 2.36. The molecule has 1 aliphatic heterocycles. The third kappa shape index (κ3) is 4.84. The van der Waals surface area contributed by atoms with Gasteiger partial charge in [0.25, 0.3) is 0 Å². The Morgan fingerprint density at radius 1 is 1.03 bits per heavy atom. The van der Waals surface area contributed by atoms with E-state index in [1.165, 1.54) is 4.31 Å². The third-order valence-electron chi connectivity index (χ3n) is 6.67. The first-order valence-electron chi connectivity index (χ1n) is 10.8. The molecule has 1 heterocycles. The molecular weight excluding hydrogens is 386 g/mol. The first-order chi connectivity index (χ1) is 13.7. The van der Waals surface area contributed by atoms with E-state index in [1.807, 2.05) is 24.0 Å². The van der Waals surface area contributed by atoms with Crippen LogP contribution in [0.25, 0.3) is 0 Å². The van der Waals surface area contributed by atoms with E-state index in [1.54, 1.807) is 19.2 Å². The fourth-order valence-electron chi connectivity index (χ4n) is 4.60. The lowest BCUT2D eigenvalue weighted by molar-refractivity contribution is -0.138. The lowest BCUT2D eigenvalue weighted by Gasteiger charge is -2.40. The normalized spacial score (nSPS) is 24.3. The van der Waals surface area contributed by atoms with Gasteiger partial charge in [0.2, 0.25) is 15.9 Å². The zero-order valence-corrected chi connectivity index (χ0v) is 19.0. The Hall–Kier alpha value is -1.44. The maximum Gasteiger partial charge on any atom is 0.243 e. The summed E-state index contributed by atoms with van der Waals surface area (Å²) in [4.78, 5) is 17.7. The van der Waals surface area contributed by atoms with Crippen molar-refractivity contribution in [3.05, 3.63) is 29.8 Å². The van der Waals surface area contributed by atoms with Gasteiger partial charge in [-0.05, 0) is 58.1 Å². The molecule has 2 fully saturated rings. The van der Waals surface area contributed by atoms with Crippen LogP contribution in [-0.4, -0.2) is 73.7 Å². The molecule has 1 aromatic carbocycles. The number of rotatable bonds is 5. The highest BCUT2D eigenvalue weighted by atomic mass is 32.2. The zero-order chi connectivity index (χ0) is 21.2. The fraction of sp³-hybridized carbons (Fsp3) is 0.682. The second-order valence-corrected chi connectivity index (χ2v) is 10.7. The second-order valence-electron chi connectivity index (χ2n) is 8.75. The molecule has 0 spiro atoms. The average Bonchev–Trinajstić information content (AvgIpc) is 2.73. The number of amides is 1. The Labute approximate surface area is 175 Å². The number of hydrogen-bond acceptors (Lipinski definition) is 4. The summed E-state index contributed by atoms with van der Waals surface area (Å²) < 4.78 is 27.6. The summed E-state index contributed by atoms with van der Waals surface area (Å²) in [6.07, 6.45) is 3.01. The molecule has 0 atom stereocenters. The minimum atomic E-state index is -3.51. The molecule has 0 bridgehead atoms. The predicted molar refractivity (Wildman–Crippen MR) is 115 cm³/mol. The van der Waals surface area contributed by atoms with Gasteiger partial charge in [-0.15, -0.1) is 0 Å². The van der Waals surface area contributed by atoms with Crippen LogP contribution in [0.1, 0.15) is 45.1 Å². The first-order valence-corrected chi connectivity index (χ1v) is 12.2. The summed E-state index contributed by atoms with van der Waals surface area (Å²) in [5.41, 5.74) is 0.767. The number of sulfonamides is 1. The molecule has 0 unspecified atom stereocenters. The highest BCUT2D eigenvalue weighted by Crippen LogP contribution is 2.32. The standard InChI is InChI=1S/C22H35N3O3S/c1-17(2)24-13-15-25(16-14-24)22(26)19-9-11-20(12-10-19)23(4)29(27,28)21-8-6-5-7-18(21)3/h5-8,17,19-20H,9-16H2,1-4H3. The van der Waals surface area contributed by atoms with Gasteiger partial charge in [-0.2, -0.15) is 4.31 Å². The summed E-state index contributed by atoms with van der Waals surface area (Å²) in [6, 6.07) is 7.60. The molecule has 0 radical (unpaired) electrons. The molecule has 29 heavy (non-hydrogen) atoms. The van der Waals surface area contributed by atoms with E-state index in [0.717, 1.165) is 57.4 Å². The van der Waals surface area contributed by atoms with Crippen molar-refractivity contribution in [2.75, 3.05) is 33.2 Å². The monoisotopic (exact) mass is 421 g/mol. The minimum Gasteiger partial charge on any atom is -0.340 e. The lowest BCUT2D eigenvalue weighted by atomic mass is 9.85. The topological polar surface area (TPSA) is 60.9 Å². The number of carbonyl (C=O) groups is 1. The Bertz CT molecular complexity index is 808. The van der Waals surface area contributed by atoms with Crippen molar-refractivity contribution >= 4 is 15.9 Å². The van der Waals surface area contributed by atoms with Gasteiger partial charge in [-0.25, -0.2) is 8.42 Å². The second kappa shape index (κ2) is 9.14. The molecule has 1 saturated carbocycles. The molecule has 162 valence electrons. The van der Waals surface area contributed by atoms with Gasteiger partial charge >= 0.3 is 0 Å². The van der Waals surface area contributed by atoms with Crippen LogP contribution in [-0.2, 0) is 14.8 Å². The summed E-state index contributed by atoms with van der Waals surface area (Å²) >= 11 is 0. The molecule has 1 aromatic rings. The van der Waals surface area contributed by atoms with Crippen molar-refractivity contribution in [1.29, 1.82) is 0 Å². The Morgan fingerprint density at radius 2 is 1.62 bits per heavy atom. The molecule has 3 rings (SSSR count). The van der Waals surface area contributed by atoms with Gasteiger partial charge in [0.1, 0.15) is 0 Å². The van der Waals surface area contributed by atoms with Crippen LogP contribution >= 0.6 is 0 Å². The van der Waals surface area contributed by atoms with Crippen LogP contribution in [0.3, 0.4) is 0 Å². The van der Waals surface area contributed by atoms with Crippen molar-refractivity contribution in [3.8, 4) is 0 Å². The van der Waals surface area contributed by atoms with Crippen LogP contribution in [0.2, 0.25) is 0 Å². The Balaban J connectivity index is 1.56. The Kier molecular flexibility index (Phi) is 7.02. The van der Waals surface area contributed by atoms with Crippen molar-refractivity contribution < 1.29 is 13.2 Å². The van der Waals surface area contributed by atoms with Crippen molar-refractivity contribution in [3.63, 3.8) is 0 Å². The molecule has 1 amide bonds. The van der Waals surface area contributed by atoms with Crippen molar-refractivity contribution in [2.24, 2.45) is 5.92 Å². The van der Waals surface area contributed by atoms with Crippen LogP contribution in [0.15, 0.2) is 29.2 Å². The van der Waals surface area contributed by atoms with E-state index in [2.05, 4.69) is 18.7 Å². The number of hydrogen-bond donors (Lipinski definition) is 0. The van der Waals surface area contributed by atoms with E-state index >= 15 is 0 Å². The largest absolute Gasteiger partial charge is 0.340 e. The van der Waals surface area contributed by atoms with E-state index in [0.29, 0.717) is 10.9 Å². The molecule has 0 N–H and O–H groups in total. The average molecular weight is 422 g/mol. The lowest BCUT2D eigenvalue weighted by Crippen LogP contribution is -2.52. The Morgan fingerprint density at radius 3 is 2.17 bits per heavy atom. The quantitative estimate of drug-likeness (QED) is 0.733. The maximum atomic E-state index is 13.0. The van der Waals surface area contributed by atoms with E-state index in [9.17, 15) is 13.2 Å². The fourth-order valence-corrected chi connectivity index (χ4v) is 6.24. The first kappa shape index (κ1) is 22.2. The summed E-state index contributed by atoms with van der Waals surface area (Å²) in [5.74, 6) is 0.294. The van der Waals surface area contributed by atoms with Gasteiger partial charge in [0.05, 0.1) is 4.90 Å². The van der Waals surface area contributed by atoms with Crippen molar-refractivity contribution in [2.45, 2.75) is 63.4 Å². The molecule has 0 aromatic heterocycles.